The number of carbonyl (C=O) groups excluding carboxylic acids is 1. The first-order chi connectivity index (χ1) is 16.6. The van der Waals surface area contributed by atoms with Crippen LogP contribution in [-0.2, 0) is 4.74 Å². The minimum Gasteiger partial charge on any atom is -0.465 e. The highest BCUT2D eigenvalue weighted by Gasteiger charge is 2.42. The number of nitrogens with one attached hydrogen (secondary N) is 1. The van der Waals surface area contributed by atoms with Gasteiger partial charge in [-0.15, -0.1) is 0 Å². The first-order valence-electron chi connectivity index (χ1n) is 10.7. The molecule has 1 aliphatic rings. The number of esters is 1. The molecule has 4 aromatic rings. The molecule has 170 valence electrons. The van der Waals surface area contributed by atoms with Gasteiger partial charge in [-0.25, -0.2) is 4.79 Å². The number of thiocarbonyl (C=S) groups is 1. The second-order valence-electron chi connectivity index (χ2n) is 7.82. The van der Waals surface area contributed by atoms with Crippen LogP contribution in [0.15, 0.2) is 95.7 Å². The Balaban J connectivity index is 1.65. The van der Waals surface area contributed by atoms with Crippen LogP contribution in [0.5, 0.6) is 0 Å². The molecule has 2 aromatic carbocycles. The smallest absolute Gasteiger partial charge is 0.337 e. The summed E-state index contributed by atoms with van der Waals surface area (Å²) in [5, 5.41) is 4.11. The van der Waals surface area contributed by atoms with E-state index in [1.807, 2.05) is 72.9 Å². The predicted molar refractivity (Wildman–Crippen MR) is 139 cm³/mol. The summed E-state index contributed by atoms with van der Waals surface area (Å²) >= 11 is 9.34. The largest absolute Gasteiger partial charge is 0.465 e. The van der Waals surface area contributed by atoms with Gasteiger partial charge in [-0.1, -0.05) is 28.1 Å². The highest BCUT2D eigenvalue weighted by Crippen LogP contribution is 2.42. The average Bonchev–Trinajstić information content (AvgIpc) is 3.49. The monoisotopic (exact) mass is 532 g/mol. The highest BCUT2D eigenvalue weighted by molar-refractivity contribution is 9.10. The zero-order valence-corrected chi connectivity index (χ0v) is 20.7. The minimum atomic E-state index is -0.373. The first-order valence-corrected chi connectivity index (χ1v) is 11.9. The zero-order chi connectivity index (χ0) is 23.7. The Morgan fingerprint density at radius 1 is 1.03 bits per heavy atom. The van der Waals surface area contributed by atoms with Crippen molar-refractivity contribution in [2.45, 2.75) is 12.1 Å². The Morgan fingerprint density at radius 3 is 2.59 bits per heavy atom. The molecule has 0 saturated carbocycles. The van der Waals surface area contributed by atoms with Gasteiger partial charge in [0.2, 0.25) is 0 Å². The van der Waals surface area contributed by atoms with Gasteiger partial charge in [-0.05, 0) is 78.9 Å². The van der Waals surface area contributed by atoms with Gasteiger partial charge in [-0.3, -0.25) is 4.98 Å². The van der Waals surface area contributed by atoms with Gasteiger partial charge in [0.15, 0.2) is 5.11 Å². The van der Waals surface area contributed by atoms with Crippen LogP contribution in [0.4, 0.5) is 5.69 Å². The first kappa shape index (κ1) is 22.3. The van der Waals surface area contributed by atoms with E-state index in [-0.39, 0.29) is 18.1 Å². The maximum absolute atomic E-state index is 12.1. The number of benzene rings is 2. The molecule has 5 rings (SSSR count). The van der Waals surface area contributed by atoms with Gasteiger partial charge in [0.1, 0.15) is 6.04 Å². The maximum atomic E-state index is 12.1. The van der Waals surface area contributed by atoms with Crippen LogP contribution >= 0.6 is 28.1 Å². The molecule has 2 atom stereocenters. The summed E-state index contributed by atoms with van der Waals surface area (Å²) in [6.07, 6.45) is 3.78. The van der Waals surface area contributed by atoms with Crippen LogP contribution in [-0.4, -0.2) is 27.7 Å². The lowest BCUT2D eigenvalue weighted by Gasteiger charge is -2.29. The van der Waals surface area contributed by atoms with E-state index in [1.54, 1.807) is 12.3 Å². The van der Waals surface area contributed by atoms with Gasteiger partial charge >= 0.3 is 5.97 Å². The maximum Gasteiger partial charge on any atom is 0.337 e. The lowest BCUT2D eigenvalue weighted by atomic mass is 10.0. The summed E-state index contributed by atoms with van der Waals surface area (Å²) in [6.45, 7) is 0. The van der Waals surface area contributed by atoms with Crippen molar-refractivity contribution in [3.8, 4) is 5.69 Å². The SMILES string of the molecule is COC(=O)c1cccc(-n2cccc2[C@@H]2[C@@H](c3ccccn3)NC(=S)N2c2ccc(Br)cc2)c1. The molecule has 1 N–H and O–H groups in total. The van der Waals surface area contributed by atoms with Gasteiger partial charge in [0.05, 0.1) is 24.4 Å². The molecule has 2 aromatic heterocycles. The van der Waals surface area contributed by atoms with Crippen molar-refractivity contribution < 1.29 is 9.53 Å². The fourth-order valence-corrected chi connectivity index (χ4v) is 4.92. The molecular formula is C26H21BrN4O2S. The summed E-state index contributed by atoms with van der Waals surface area (Å²) in [4.78, 5) is 18.9. The van der Waals surface area contributed by atoms with Crippen molar-refractivity contribution in [1.82, 2.24) is 14.9 Å². The third-order valence-electron chi connectivity index (χ3n) is 5.83. The standard InChI is InChI=1S/C26H21BrN4O2S/c1-33-25(32)17-6-4-7-20(16-17)30-15-5-9-22(30)24-23(21-8-2-3-14-28-21)29-26(34)31(24)19-12-10-18(27)11-13-19/h2-16,23-24H,1H3,(H,29,34)/t23-,24-/m1/s1. The van der Waals surface area contributed by atoms with Crippen molar-refractivity contribution in [2.24, 2.45) is 0 Å². The highest BCUT2D eigenvalue weighted by atomic mass is 79.9. The molecule has 6 nitrogen and oxygen atoms in total. The number of ether oxygens (including phenoxy) is 1. The third-order valence-corrected chi connectivity index (χ3v) is 6.67. The topological polar surface area (TPSA) is 59.4 Å². The number of aromatic nitrogens is 2. The summed E-state index contributed by atoms with van der Waals surface area (Å²) in [5.74, 6) is -0.373. The number of halogens is 1. The molecular weight excluding hydrogens is 512 g/mol. The van der Waals surface area contributed by atoms with E-state index < -0.39 is 0 Å². The van der Waals surface area contributed by atoms with Crippen molar-refractivity contribution in [3.63, 3.8) is 0 Å². The van der Waals surface area contributed by atoms with Crippen molar-refractivity contribution in [3.05, 3.63) is 113 Å². The summed E-state index contributed by atoms with van der Waals surface area (Å²) in [7, 11) is 1.38. The van der Waals surface area contributed by atoms with Crippen LogP contribution in [0.25, 0.3) is 5.69 Å². The van der Waals surface area contributed by atoms with E-state index in [2.05, 4.69) is 41.8 Å². The average molecular weight is 533 g/mol. The number of carbonyl (C=O) groups is 1. The van der Waals surface area contributed by atoms with Gasteiger partial charge in [0, 0.05) is 33.9 Å². The molecule has 3 heterocycles. The number of anilines is 1. The molecule has 8 heteroatoms. The molecule has 1 saturated heterocycles. The van der Waals surface area contributed by atoms with Crippen molar-refractivity contribution >= 4 is 44.9 Å². The molecule has 0 bridgehead atoms. The van der Waals surface area contributed by atoms with Crippen LogP contribution in [0.2, 0.25) is 0 Å². The van der Waals surface area contributed by atoms with Crippen molar-refractivity contribution in [2.75, 3.05) is 12.0 Å². The zero-order valence-electron chi connectivity index (χ0n) is 18.3. The molecule has 1 fully saturated rings. The van der Waals surface area contributed by atoms with E-state index in [0.717, 1.165) is 27.2 Å². The van der Waals surface area contributed by atoms with Gasteiger partial charge < -0.3 is 19.5 Å². The Hall–Kier alpha value is -3.49. The molecule has 0 unspecified atom stereocenters. The van der Waals surface area contributed by atoms with E-state index in [4.69, 9.17) is 17.0 Å². The number of pyridine rings is 1. The molecule has 1 aliphatic heterocycles. The summed E-state index contributed by atoms with van der Waals surface area (Å²) in [5.41, 5.74) is 4.22. The third kappa shape index (κ3) is 4.10. The number of hydrogen-bond acceptors (Lipinski definition) is 4. The quantitative estimate of drug-likeness (QED) is 0.266. The van der Waals surface area contributed by atoms with Gasteiger partial charge in [-0.2, -0.15) is 0 Å². The number of rotatable bonds is 5. The van der Waals surface area contributed by atoms with Crippen LogP contribution in [0.1, 0.15) is 33.8 Å². The fourth-order valence-electron chi connectivity index (χ4n) is 4.31. The Morgan fingerprint density at radius 2 is 1.85 bits per heavy atom. The Bertz CT molecular complexity index is 1340. The molecule has 34 heavy (non-hydrogen) atoms. The Kier molecular flexibility index (Phi) is 6.17. The van der Waals surface area contributed by atoms with Gasteiger partial charge in [0.25, 0.3) is 0 Å². The normalized spacial score (nSPS) is 17.5. The molecule has 0 aliphatic carbocycles. The Labute approximate surface area is 211 Å². The molecule has 0 radical (unpaired) electrons. The van der Waals surface area contributed by atoms with E-state index in [9.17, 15) is 4.79 Å². The van der Waals surface area contributed by atoms with Crippen molar-refractivity contribution in [1.29, 1.82) is 0 Å². The number of methoxy groups -OCH3 is 1. The predicted octanol–water partition coefficient (Wildman–Crippen LogP) is 5.60. The summed E-state index contributed by atoms with van der Waals surface area (Å²) in [6, 6.07) is 25.1. The molecule has 0 spiro atoms. The van der Waals surface area contributed by atoms with E-state index in [1.165, 1.54) is 7.11 Å². The lowest BCUT2D eigenvalue weighted by molar-refractivity contribution is 0.0600. The number of nitrogens with zero attached hydrogens (tertiary/aromatic N) is 3. The van der Waals surface area contributed by atoms with Crippen LogP contribution in [0, 0.1) is 0 Å². The van der Waals surface area contributed by atoms with Crippen LogP contribution in [0.3, 0.4) is 0 Å². The second-order valence-corrected chi connectivity index (χ2v) is 9.12. The fraction of sp³-hybridized carbons (Fsp3) is 0.115. The van der Waals surface area contributed by atoms with Crippen LogP contribution < -0.4 is 10.2 Å². The molecule has 0 amide bonds. The van der Waals surface area contributed by atoms with E-state index >= 15 is 0 Å². The number of hydrogen-bond donors (Lipinski definition) is 1. The minimum absolute atomic E-state index is 0.171. The van der Waals surface area contributed by atoms with E-state index in [0.29, 0.717) is 10.7 Å². The second kappa shape index (κ2) is 9.40. The lowest BCUT2D eigenvalue weighted by Crippen LogP contribution is -2.30. The summed E-state index contributed by atoms with van der Waals surface area (Å²) < 4.78 is 7.99.